The van der Waals surface area contributed by atoms with Gasteiger partial charge in [0.1, 0.15) is 18.1 Å². The zero-order valence-corrected chi connectivity index (χ0v) is 21.2. The molecule has 4 unspecified atom stereocenters. The van der Waals surface area contributed by atoms with Crippen LogP contribution in [0.1, 0.15) is 37.8 Å². The molecule has 37 heavy (non-hydrogen) atoms. The zero-order chi connectivity index (χ0) is 28.0. The summed E-state index contributed by atoms with van der Waals surface area (Å²) < 4.78 is 0. The Labute approximate surface area is 217 Å². The predicted molar refractivity (Wildman–Crippen MR) is 134 cm³/mol. The van der Waals surface area contributed by atoms with Crippen LogP contribution in [-0.2, 0) is 35.2 Å². The van der Waals surface area contributed by atoms with Crippen molar-refractivity contribution in [2.75, 3.05) is 12.0 Å². The largest absolute Gasteiger partial charge is 0.480 e. The summed E-state index contributed by atoms with van der Waals surface area (Å²) >= 11 is 1.41. The molecule has 0 saturated carbocycles. The lowest BCUT2D eigenvalue weighted by molar-refractivity contribution is -0.142. The van der Waals surface area contributed by atoms with E-state index in [2.05, 4.69) is 25.9 Å². The Morgan fingerprint density at radius 2 is 1.46 bits per heavy atom. The fourth-order valence-corrected chi connectivity index (χ4v) is 3.60. The molecule has 15 nitrogen and oxygen atoms in total. The fourth-order valence-electron chi connectivity index (χ4n) is 3.13. The van der Waals surface area contributed by atoms with E-state index in [1.54, 1.807) is 6.26 Å². The molecule has 1 heterocycles. The van der Waals surface area contributed by atoms with E-state index in [0.29, 0.717) is 11.4 Å². The second-order valence-corrected chi connectivity index (χ2v) is 9.19. The van der Waals surface area contributed by atoms with Gasteiger partial charge in [0.05, 0.1) is 12.4 Å². The summed E-state index contributed by atoms with van der Waals surface area (Å²) in [5.41, 5.74) is 16.5. The van der Waals surface area contributed by atoms with Crippen LogP contribution in [0.25, 0.3) is 0 Å². The van der Waals surface area contributed by atoms with Crippen LogP contribution in [0.3, 0.4) is 0 Å². The van der Waals surface area contributed by atoms with Crippen LogP contribution in [0.2, 0.25) is 0 Å². The van der Waals surface area contributed by atoms with Gasteiger partial charge in [-0.2, -0.15) is 11.8 Å². The number of nitrogens with one attached hydrogen (secondary N) is 4. The molecule has 16 heteroatoms. The lowest BCUT2D eigenvalue weighted by atomic mass is 10.1. The van der Waals surface area contributed by atoms with E-state index in [-0.39, 0.29) is 38.5 Å². The molecule has 1 rings (SSSR count). The van der Waals surface area contributed by atoms with Gasteiger partial charge in [-0.05, 0) is 31.3 Å². The monoisotopic (exact) mass is 542 g/mol. The number of H-pyrrole nitrogens is 1. The lowest BCUT2D eigenvalue weighted by Gasteiger charge is -2.25. The minimum atomic E-state index is -1.35. The number of aliphatic carboxylic acids is 1. The first-order valence-electron chi connectivity index (χ1n) is 11.4. The number of nitrogens with two attached hydrogens (primary N) is 3. The molecule has 0 aliphatic carbocycles. The topological polar surface area (TPSA) is 265 Å². The van der Waals surface area contributed by atoms with Crippen LogP contribution >= 0.6 is 11.8 Å². The number of nitrogens with zero attached hydrogens (tertiary/aromatic N) is 1. The first-order chi connectivity index (χ1) is 17.4. The Morgan fingerprint density at radius 3 is 1.97 bits per heavy atom. The molecule has 11 N–H and O–H groups in total. The number of carboxylic acids is 1. The number of hydrogen-bond donors (Lipinski definition) is 8. The summed E-state index contributed by atoms with van der Waals surface area (Å²) in [5.74, 6) is -4.49. The fraction of sp³-hybridized carbons (Fsp3) is 0.571. The van der Waals surface area contributed by atoms with Crippen molar-refractivity contribution in [1.82, 2.24) is 25.9 Å². The van der Waals surface area contributed by atoms with Crippen LogP contribution in [0.4, 0.5) is 0 Å². The highest BCUT2D eigenvalue weighted by molar-refractivity contribution is 7.98. The lowest BCUT2D eigenvalue weighted by Crippen LogP contribution is -2.57. The van der Waals surface area contributed by atoms with Crippen molar-refractivity contribution in [3.63, 3.8) is 0 Å². The molecule has 0 radical (unpaired) electrons. The number of carbonyl (C=O) groups is 6. The van der Waals surface area contributed by atoms with Gasteiger partial charge in [0, 0.05) is 31.2 Å². The number of rotatable bonds is 18. The van der Waals surface area contributed by atoms with Crippen molar-refractivity contribution in [2.24, 2.45) is 17.2 Å². The number of imidazole rings is 1. The highest BCUT2D eigenvalue weighted by Gasteiger charge is 2.30. The molecule has 0 aromatic carbocycles. The van der Waals surface area contributed by atoms with Gasteiger partial charge < -0.3 is 43.2 Å². The van der Waals surface area contributed by atoms with Gasteiger partial charge in [0.15, 0.2) is 0 Å². The van der Waals surface area contributed by atoms with E-state index >= 15 is 0 Å². The van der Waals surface area contributed by atoms with Crippen LogP contribution in [0.5, 0.6) is 0 Å². The molecular weight excluding hydrogens is 508 g/mol. The maximum atomic E-state index is 13.0. The van der Waals surface area contributed by atoms with Crippen molar-refractivity contribution in [3.05, 3.63) is 18.2 Å². The average Bonchev–Trinajstić information content (AvgIpc) is 3.34. The highest BCUT2D eigenvalue weighted by atomic mass is 32.2. The normalized spacial score (nSPS) is 14.0. The third-order valence-electron chi connectivity index (χ3n) is 5.19. The second-order valence-electron chi connectivity index (χ2n) is 8.20. The number of thioether (sulfide) groups is 1. The predicted octanol–water partition coefficient (Wildman–Crippen LogP) is -2.90. The molecule has 4 atom stereocenters. The van der Waals surface area contributed by atoms with E-state index < -0.39 is 59.7 Å². The minimum Gasteiger partial charge on any atom is -0.480 e. The molecule has 206 valence electrons. The summed E-state index contributed by atoms with van der Waals surface area (Å²) in [5, 5.41) is 16.8. The van der Waals surface area contributed by atoms with E-state index in [4.69, 9.17) is 17.2 Å². The summed E-state index contributed by atoms with van der Waals surface area (Å²) in [4.78, 5) is 78.9. The van der Waals surface area contributed by atoms with Gasteiger partial charge in [0.25, 0.3) is 0 Å². The van der Waals surface area contributed by atoms with Crippen molar-refractivity contribution in [3.8, 4) is 0 Å². The Balaban J connectivity index is 2.97. The van der Waals surface area contributed by atoms with Gasteiger partial charge in [-0.15, -0.1) is 0 Å². The third kappa shape index (κ3) is 12.2. The molecule has 1 aromatic rings. The Morgan fingerprint density at radius 1 is 0.919 bits per heavy atom. The van der Waals surface area contributed by atoms with Gasteiger partial charge >= 0.3 is 5.97 Å². The Hall–Kier alpha value is -3.66. The molecule has 0 fully saturated rings. The summed E-state index contributed by atoms with van der Waals surface area (Å²) in [6.07, 6.45) is 4.03. The Kier molecular flexibility index (Phi) is 13.7. The smallest absolute Gasteiger partial charge is 0.326 e. The number of hydrogen-bond acceptors (Lipinski definition) is 9. The third-order valence-corrected chi connectivity index (χ3v) is 5.83. The quantitative estimate of drug-likeness (QED) is 0.0937. The maximum absolute atomic E-state index is 13.0. The van der Waals surface area contributed by atoms with Gasteiger partial charge in [-0.25, -0.2) is 9.78 Å². The number of aromatic amines is 1. The number of carboxylic acid groups (broad SMARTS) is 1. The standard InChI is InChI=1S/C21H34N8O7S/c1-37-7-6-14(27-18(32)12(22)2-4-16(23)30)20(34)28-13(3-5-17(24)31)19(33)29-15(21(35)36)8-11-9-25-10-26-11/h9-10,12-15H,2-8,22H2,1H3,(H2,23,30)(H2,24,31)(H,25,26)(H,27,32)(H,28,34)(H,29,33)(H,35,36). The summed E-state index contributed by atoms with van der Waals surface area (Å²) in [7, 11) is 0. The van der Waals surface area contributed by atoms with E-state index in [9.17, 15) is 33.9 Å². The summed E-state index contributed by atoms with van der Waals surface area (Å²) in [6.45, 7) is 0. The highest BCUT2D eigenvalue weighted by Crippen LogP contribution is 2.07. The first kappa shape index (κ1) is 31.4. The maximum Gasteiger partial charge on any atom is 0.326 e. The number of amides is 5. The minimum absolute atomic E-state index is 0.0193. The van der Waals surface area contributed by atoms with Gasteiger partial charge in [0.2, 0.25) is 29.5 Å². The summed E-state index contributed by atoms with van der Waals surface area (Å²) in [6, 6.07) is -4.86. The van der Waals surface area contributed by atoms with E-state index in [1.807, 2.05) is 0 Å². The van der Waals surface area contributed by atoms with Gasteiger partial charge in [-0.1, -0.05) is 0 Å². The van der Waals surface area contributed by atoms with Crippen molar-refractivity contribution >= 4 is 47.3 Å². The molecule has 0 bridgehead atoms. The Bertz CT molecular complexity index is 943. The number of aromatic nitrogens is 2. The van der Waals surface area contributed by atoms with Crippen molar-refractivity contribution in [1.29, 1.82) is 0 Å². The van der Waals surface area contributed by atoms with Crippen molar-refractivity contribution < 1.29 is 33.9 Å². The molecule has 0 spiro atoms. The second kappa shape index (κ2) is 16.2. The van der Waals surface area contributed by atoms with Crippen LogP contribution in [0.15, 0.2) is 12.5 Å². The van der Waals surface area contributed by atoms with Crippen LogP contribution in [0, 0.1) is 0 Å². The first-order valence-corrected chi connectivity index (χ1v) is 12.8. The number of carbonyl (C=O) groups excluding carboxylic acids is 5. The molecule has 0 aliphatic rings. The molecular formula is C21H34N8O7S. The molecule has 0 saturated heterocycles. The molecule has 0 aliphatic heterocycles. The average molecular weight is 543 g/mol. The molecule has 1 aromatic heterocycles. The van der Waals surface area contributed by atoms with Crippen LogP contribution in [-0.4, -0.2) is 86.8 Å². The van der Waals surface area contributed by atoms with E-state index in [1.165, 1.54) is 24.3 Å². The van der Waals surface area contributed by atoms with E-state index in [0.717, 1.165) is 0 Å². The SMILES string of the molecule is CSCCC(NC(=O)C(N)CCC(N)=O)C(=O)NC(CCC(N)=O)C(=O)NC(Cc1cnc[nH]1)C(=O)O. The zero-order valence-electron chi connectivity index (χ0n) is 20.4. The molecule has 5 amide bonds. The van der Waals surface area contributed by atoms with Crippen LogP contribution < -0.4 is 33.2 Å². The number of primary amides is 2. The van der Waals surface area contributed by atoms with Gasteiger partial charge in [-0.3, -0.25) is 24.0 Å². The van der Waals surface area contributed by atoms with Crippen molar-refractivity contribution in [2.45, 2.75) is 62.7 Å².